The number of hydrogen-bond acceptors (Lipinski definition) is 3. The fourth-order valence-corrected chi connectivity index (χ4v) is 4.16. The largest absolute Gasteiger partial charge is 0.386 e. The average Bonchev–Trinajstić information content (AvgIpc) is 3.21. The van der Waals surface area contributed by atoms with Crippen LogP contribution in [0.25, 0.3) is 11.0 Å². The van der Waals surface area contributed by atoms with Crippen molar-refractivity contribution in [1.29, 1.82) is 0 Å². The summed E-state index contributed by atoms with van der Waals surface area (Å²) in [5.74, 6) is 0.672. The highest BCUT2D eigenvalue weighted by molar-refractivity contribution is 5.94. The molecule has 2 aliphatic carbocycles. The second kappa shape index (κ2) is 5.81. The molecule has 4 rings (SSSR count). The molecule has 1 aromatic carbocycles. The van der Waals surface area contributed by atoms with Gasteiger partial charge in [0.1, 0.15) is 0 Å². The van der Waals surface area contributed by atoms with Crippen molar-refractivity contribution in [3.8, 4) is 0 Å². The second-order valence-corrected chi connectivity index (χ2v) is 9.75. The molecule has 1 atom stereocenters. The third kappa shape index (κ3) is 3.06. The molecule has 0 spiro atoms. The van der Waals surface area contributed by atoms with E-state index in [0.717, 1.165) is 42.3 Å². The minimum absolute atomic E-state index is 0.0214. The van der Waals surface area contributed by atoms with E-state index in [1.54, 1.807) is 13.8 Å². The maximum absolute atomic E-state index is 12.9. The molecule has 5 nitrogen and oxygen atoms in total. The normalized spacial score (nSPS) is 21.6. The monoisotopic (exact) mass is 369 g/mol. The number of fused-ring (bicyclic) bond motifs is 1. The summed E-state index contributed by atoms with van der Waals surface area (Å²) in [6.07, 6.45) is 5.56. The van der Waals surface area contributed by atoms with Crippen molar-refractivity contribution < 1.29 is 9.90 Å². The Morgan fingerprint density at radius 3 is 2.44 bits per heavy atom. The van der Waals surface area contributed by atoms with Crippen molar-refractivity contribution in [2.75, 3.05) is 5.32 Å². The Labute approximate surface area is 161 Å². The maximum atomic E-state index is 12.9. The van der Waals surface area contributed by atoms with Crippen LogP contribution in [-0.4, -0.2) is 20.6 Å². The van der Waals surface area contributed by atoms with Gasteiger partial charge < -0.3 is 9.67 Å². The number of aromatic nitrogens is 2. The molecule has 2 aliphatic rings. The third-order valence-electron chi connectivity index (χ3n) is 7.04. The van der Waals surface area contributed by atoms with Gasteiger partial charge in [-0.25, -0.2) is 4.98 Å². The Bertz CT molecular complexity index is 898. The smallest absolute Gasteiger partial charge is 0.230 e. The summed E-state index contributed by atoms with van der Waals surface area (Å²) >= 11 is 0. The van der Waals surface area contributed by atoms with E-state index in [1.165, 1.54) is 6.42 Å². The molecule has 5 heteroatoms. The summed E-state index contributed by atoms with van der Waals surface area (Å²) in [5, 5.41) is 13.6. The van der Waals surface area contributed by atoms with Crippen LogP contribution in [0.4, 0.5) is 5.95 Å². The van der Waals surface area contributed by atoms with E-state index in [-0.39, 0.29) is 22.8 Å². The Morgan fingerprint density at radius 1 is 1.26 bits per heavy atom. The lowest BCUT2D eigenvalue weighted by Gasteiger charge is -2.41. The summed E-state index contributed by atoms with van der Waals surface area (Å²) in [6.45, 7) is 10.0. The van der Waals surface area contributed by atoms with E-state index in [2.05, 4.69) is 23.7 Å². The number of rotatable bonds is 5. The standard InChI is InChI=1S/C22H31N3O2/c1-14(21(4)11-12-21)18(26)24-19-23-16-8-7-15(20(2,3)27)13-17(16)25(19)22(5)9-6-10-22/h7-8,13-14,27H,6,9-12H2,1-5H3,(H,23,24,26). The number of anilines is 1. The van der Waals surface area contributed by atoms with E-state index in [1.807, 2.05) is 25.1 Å². The predicted molar refractivity (Wildman–Crippen MR) is 108 cm³/mol. The molecule has 0 bridgehead atoms. The molecule has 0 aliphatic heterocycles. The fourth-order valence-electron chi connectivity index (χ4n) is 4.16. The van der Waals surface area contributed by atoms with E-state index < -0.39 is 5.60 Å². The summed E-state index contributed by atoms with van der Waals surface area (Å²) in [4.78, 5) is 17.6. The number of carbonyl (C=O) groups excluding carboxylic acids is 1. The molecule has 2 N–H and O–H groups in total. The quantitative estimate of drug-likeness (QED) is 0.813. The number of hydrogen-bond donors (Lipinski definition) is 2. The Hall–Kier alpha value is -1.88. The average molecular weight is 370 g/mol. The van der Waals surface area contributed by atoms with Crippen molar-refractivity contribution in [2.24, 2.45) is 11.3 Å². The molecule has 0 saturated heterocycles. The van der Waals surface area contributed by atoms with Gasteiger partial charge >= 0.3 is 0 Å². The van der Waals surface area contributed by atoms with Gasteiger partial charge in [0.05, 0.1) is 16.6 Å². The van der Waals surface area contributed by atoms with Crippen LogP contribution >= 0.6 is 0 Å². The minimum Gasteiger partial charge on any atom is -0.386 e. The van der Waals surface area contributed by atoms with Gasteiger partial charge in [-0.3, -0.25) is 10.1 Å². The molecule has 2 fully saturated rings. The fraction of sp³-hybridized carbons (Fsp3) is 0.636. The SMILES string of the molecule is CC(C(=O)Nc1nc2ccc(C(C)(C)O)cc2n1C1(C)CCC1)C1(C)CC1. The van der Waals surface area contributed by atoms with Gasteiger partial charge in [-0.1, -0.05) is 19.9 Å². The first-order chi connectivity index (χ1) is 12.5. The molecule has 1 unspecified atom stereocenters. The first-order valence-electron chi connectivity index (χ1n) is 10.1. The van der Waals surface area contributed by atoms with E-state index in [9.17, 15) is 9.90 Å². The number of aliphatic hydroxyl groups is 1. The number of carbonyl (C=O) groups is 1. The molecular weight excluding hydrogens is 338 g/mol. The lowest BCUT2D eigenvalue weighted by atomic mass is 9.78. The molecule has 2 aromatic rings. The topological polar surface area (TPSA) is 67.2 Å². The highest BCUT2D eigenvalue weighted by atomic mass is 16.3. The summed E-state index contributed by atoms with van der Waals surface area (Å²) in [6, 6.07) is 5.89. The summed E-state index contributed by atoms with van der Waals surface area (Å²) in [5.41, 5.74) is 1.88. The number of imidazole rings is 1. The van der Waals surface area contributed by atoms with Crippen molar-refractivity contribution >= 4 is 22.9 Å². The zero-order chi connectivity index (χ0) is 19.6. The molecule has 27 heavy (non-hydrogen) atoms. The van der Waals surface area contributed by atoms with Crippen molar-refractivity contribution in [3.05, 3.63) is 23.8 Å². The second-order valence-electron chi connectivity index (χ2n) is 9.75. The van der Waals surface area contributed by atoms with Crippen molar-refractivity contribution in [3.63, 3.8) is 0 Å². The van der Waals surface area contributed by atoms with E-state index in [0.29, 0.717) is 5.95 Å². The van der Waals surface area contributed by atoms with Crippen LogP contribution in [-0.2, 0) is 15.9 Å². The first kappa shape index (κ1) is 18.5. The van der Waals surface area contributed by atoms with Crippen LogP contribution < -0.4 is 5.32 Å². The zero-order valence-electron chi connectivity index (χ0n) is 17.1. The van der Waals surface area contributed by atoms with Gasteiger partial charge in [0.2, 0.25) is 11.9 Å². The van der Waals surface area contributed by atoms with Crippen molar-refractivity contribution in [2.45, 2.75) is 77.9 Å². The van der Waals surface area contributed by atoms with Gasteiger partial charge in [-0.2, -0.15) is 0 Å². The zero-order valence-corrected chi connectivity index (χ0v) is 17.1. The molecule has 1 heterocycles. The van der Waals surface area contributed by atoms with Gasteiger partial charge in [-0.05, 0) is 76.0 Å². The number of benzene rings is 1. The number of amides is 1. The molecule has 2 saturated carbocycles. The molecule has 1 aromatic heterocycles. The van der Waals surface area contributed by atoms with Crippen LogP contribution in [0, 0.1) is 11.3 Å². The van der Waals surface area contributed by atoms with Crippen LogP contribution in [0.2, 0.25) is 0 Å². The van der Waals surface area contributed by atoms with Crippen LogP contribution in [0.3, 0.4) is 0 Å². The van der Waals surface area contributed by atoms with Gasteiger partial charge in [0, 0.05) is 11.5 Å². The molecule has 0 radical (unpaired) electrons. The highest BCUT2D eigenvalue weighted by Gasteiger charge is 2.46. The lowest BCUT2D eigenvalue weighted by molar-refractivity contribution is -0.121. The number of nitrogens with zero attached hydrogens (tertiary/aromatic N) is 2. The van der Waals surface area contributed by atoms with Gasteiger partial charge in [0.15, 0.2) is 0 Å². The van der Waals surface area contributed by atoms with E-state index >= 15 is 0 Å². The lowest BCUT2D eigenvalue weighted by Crippen LogP contribution is -2.39. The van der Waals surface area contributed by atoms with Gasteiger partial charge in [-0.15, -0.1) is 0 Å². The molecular formula is C22H31N3O2. The summed E-state index contributed by atoms with van der Waals surface area (Å²) < 4.78 is 2.20. The number of nitrogens with one attached hydrogen (secondary N) is 1. The maximum Gasteiger partial charge on any atom is 0.230 e. The minimum atomic E-state index is -0.914. The van der Waals surface area contributed by atoms with Crippen LogP contribution in [0.5, 0.6) is 0 Å². The highest BCUT2D eigenvalue weighted by Crippen LogP contribution is 2.52. The first-order valence-corrected chi connectivity index (χ1v) is 10.1. The van der Waals surface area contributed by atoms with Gasteiger partial charge in [0.25, 0.3) is 0 Å². The van der Waals surface area contributed by atoms with Crippen molar-refractivity contribution in [1.82, 2.24) is 9.55 Å². The van der Waals surface area contributed by atoms with Crippen LogP contribution in [0.1, 0.15) is 72.3 Å². The third-order valence-corrected chi connectivity index (χ3v) is 7.04. The van der Waals surface area contributed by atoms with Crippen LogP contribution in [0.15, 0.2) is 18.2 Å². The molecule has 1 amide bonds. The summed E-state index contributed by atoms with van der Waals surface area (Å²) in [7, 11) is 0. The Morgan fingerprint density at radius 2 is 1.93 bits per heavy atom. The Kier molecular flexibility index (Phi) is 3.97. The predicted octanol–water partition coefficient (Wildman–Crippen LogP) is 4.54. The Balaban J connectivity index is 1.77. The molecule has 146 valence electrons. The van der Waals surface area contributed by atoms with E-state index in [4.69, 9.17) is 4.98 Å².